The summed E-state index contributed by atoms with van der Waals surface area (Å²) in [6, 6.07) is 7.77. The maximum absolute atomic E-state index is 6.07. The maximum Gasteiger partial charge on any atom is 0.0637 e. The first-order valence-electron chi connectivity index (χ1n) is 5.32. The summed E-state index contributed by atoms with van der Waals surface area (Å²) in [5.41, 5.74) is 0.972. The molecule has 0 atom stereocenters. The zero-order chi connectivity index (χ0) is 12.1. The molecule has 2 rings (SSSR count). The van der Waals surface area contributed by atoms with Gasteiger partial charge in [-0.05, 0) is 60.4 Å². The molecule has 3 heteroatoms. The highest BCUT2D eigenvalue weighted by Gasteiger charge is 2.14. The van der Waals surface area contributed by atoms with E-state index >= 15 is 0 Å². The van der Waals surface area contributed by atoms with E-state index in [2.05, 4.69) is 46.8 Å². The van der Waals surface area contributed by atoms with E-state index in [0.29, 0.717) is 0 Å². The van der Waals surface area contributed by atoms with Crippen molar-refractivity contribution >= 4 is 39.9 Å². The number of nitrogens with one attached hydrogen (secondary N) is 1. The standard InChI is InChI=1S/C14H12ClIN/c15-13-7-3-4-8-14(13)17-10-12(16)9-11-5-1-2-6-11/h1-9,17H,10H2/b12-9-. The second kappa shape index (κ2) is 6.64. The molecule has 0 aromatic heterocycles. The van der Waals surface area contributed by atoms with Crippen LogP contribution in [0.5, 0.6) is 0 Å². The van der Waals surface area contributed by atoms with E-state index < -0.39 is 0 Å². The first kappa shape index (κ1) is 13.2. The number of anilines is 1. The molecule has 0 saturated heterocycles. The first-order chi connectivity index (χ1) is 8.25. The van der Waals surface area contributed by atoms with Crippen molar-refractivity contribution in [1.29, 1.82) is 0 Å². The minimum atomic E-state index is 0.755. The number of hydrogen-bond donors (Lipinski definition) is 1. The molecule has 0 amide bonds. The topological polar surface area (TPSA) is 12.0 Å². The molecule has 1 aliphatic carbocycles. The number of allylic oxidation sites excluding steroid dienone is 1. The number of para-hydroxylation sites is 1. The molecule has 5 radical (unpaired) electrons. The number of hydrogen-bond acceptors (Lipinski definition) is 1. The Morgan fingerprint density at radius 2 is 1.94 bits per heavy atom. The van der Waals surface area contributed by atoms with Crippen LogP contribution in [-0.4, -0.2) is 6.54 Å². The Morgan fingerprint density at radius 3 is 2.65 bits per heavy atom. The maximum atomic E-state index is 6.07. The molecule has 1 saturated carbocycles. The SMILES string of the molecule is Clc1ccccc1NC/C(I)=C/[C]1[CH][CH][CH][CH]1. The molecule has 0 bridgehead atoms. The van der Waals surface area contributed by atoms with Gasteiger partial charge in [-0.1, -0.05) is 29.8 Å². The van der Waals surface area contributed by atoms with Crippen molar-refractivity contribution in [2.75, 3.05) is 11.9 Å². The van der Waals surface area contributed by atoms with Crippen LogP contribution in [0.15, 0.2) is 33.9 Å². The normalized spacial score (nSPS) is 17.4. The summed E-state index contributed by atoms with van der Waals surface area (Å²) < 4.78 is 1.24. The number of benzene rings is 1. The molecule has 1 aromatic carbocycles. The molecule has 1 nitrogen and oxygen atoms in total. The Hall–Kier alpha value is -0.220. The summed E-state index contributed by atoms with van der Waals surface area (Å²) in [5, 5.41) is 4.07. The highest BCUT2D eigenvalue weighted by atomic mass is 127. The highest BCUT2D eigenvalue weighted by Crippen LogP contribution is 2.27. The van der Waals surface area contributed by atoms with Crippen LogP contribution < -0.4 is 5.32 Å². The van der Waals surface area contributed by atoms with Gasteiger partial charge < -0.3 is 5.32 Å². The second-order valence-corrected chi connectivity index (χ2v) is 5.44. The van der Waals surface area contributed by atoms with Crippen molar-refractivity contribution in [1.82, 2.24) is 0 Å². The number of rotatable bonds is 4. The van der Waals surface area contributed by atoms with Crippen molar-refractivity contribution in [3.05, 3.63) is 70.5 Å². The van der Waals surface area contributed by atoms with Crippen molar-refractivity contribution in [2.45, 2.75) is 0 Å². The van der Waals surface area contributed by atoms with Crippen LogP contribution in [0.4, 0.5) is 5.69 Å². The molecule has 0 spiro atoms. The highest BCUT2D eigenvalue weighted by molar-refractivity contribution is 14.1. The summed E-state index contributed by atoms with van der Waals surface area (Å²) in [4.78, 5) is 0. The quantitative estimate of drug-likeness (QED) is 0.785. The third-order valence-electron chi connectivity index (χ3n) is 2.33. The fourth-order valence-electron chi connectivity index (χ4n) is 1.50. The number of halogens is 2. The van der Waals surface area contributed by atoms with E-state index in [0.717, 1.165) is 17.3 Å². The molecule has 0 aliphatic heterocycles. The zero-order valence-electron chi connectivity index (χ0n) is 9.16. The predicted molar refractivity (Wildman–Crippen MR) is 82.5 cm³/mol. The van der Waals surface area contributed by atoms with Gasteiger partial charge in [0, 0.05) is 16.0 Å². The van der Waals surface area contributed by atoms with Gasteiger partial charge in [0.2, 0.25) is 0 Å². The van der Waals surface area contributed by atoms with Gasteiger partial charge >= 0.3 is 0 Å². The van der Waals surface area contributed by atoms with E-state index in [4.69, 9.17) is 11.6 Å². The van der Waals surface area contributed by atoms with E-state index in [-0.39, 0.29) is 0 Å². The lowest BCUT2D eigenvalue weighted by Crippen LogP contribution is -2.02. The molecule has 1 fully saturated rings. The van der Waals surface area contributed by atoms with Crippen LogP contribution in [0.25, 0.3) is 0 Å². The van der Waals surface area contributed by atoms with Crippen LogP contribution in [0.3, 0.4) is 0 Å². The molecule has 1 aromatic rings. The fraction of sp³-hybridized carbons (Fsp3) is 0.0714. The average Bonchev–Trinajstić information content (AvgIpc) is 2.81. The third kappa shape index (κ3) is 4.18. The zero-order valence-corrected chi connectivity index (χ0v) is 12.1. The van der Waals surface area contributed by atoms with E-state index in [1.165, 1.54) is 9.50 Å². The van der Waals surface area contributed by atoms with Gasteiger partial charge in [-0.2, -0.15) is 0 Å². The summed E-state index contributed by atoms with van der Waals surface area (Å²) in [6.07, 6.45) is 10.4. The van der Waals surface area contributed by atoms with Crippen LogP contribution >= 0.6 is 34.2 Å². The largest absolute Gasteiger partial charge is 0.379 e. The fourth-order valence-corrected chi connectivity index (χ4v) is 2.25. The minimum Gasteiger partial charge on any atom is -0.379 e. The predicted octanol–water partition coefficient (Wildman–Crippen LogP) is 4.48. The summed E-state index contributed by atoms with van der Waals surface area (Å²) in [7, 11) is 0. The van der Waals surface area contributed by atoms with Gasteiger partial charge in [0.1, 0.15) is 0 Å². The average molecular weight is 357 g/mol. The lowest BCUT2D eigenvalue weighted by Gasteiger charge is -2.08. The molecule has 1 N–H and O–H groups in total. The Bertz CT molecular complexity index is 397. The van der Waals surface area contributed by atoms with Crippen molar-refractivity contribution in [3.63, 3.8) is 0 Å². The molecular formula is C14H12ClIN. The second-order valence-electron chi connectivity index (χ2n) is 3.64. The van der Waals surface area contributed by atoms with E-state index in [1.54, 1.807) is 0 Å². The van der Waals surface area contributed by atoms with Gasteiger partial charge in [-0.25, -0.2) is 0 Å². The summed E-state index contributed by atoms with van der Waals surface area (Å²) in [5.74, 6) is 1.23. The van der Waals surface area contributed by atoms with Crippen LogP contribution in [0, 0.1) is 31.6 Å². The smallest absolute Gasteiger partial charge is 0.0637 e. The van der Waals surface area contributed by atoms with E-state index in [9.17, 15) is 0 Å². The van der Waals surface area contributed by atoms with Crippen molar-refractivity contribution < 1.29 is 0 Å². The van der Waals surface area contributed by atoms with Gasteiger partial charge in [0.15, 0.2) is 0 Å². The lowest BCUT2D eigenvalue weighted by atomic mass is 10.1. The Morgan fingerprint density at radius 1 is 1.24 bits per heavy atom. The molecule has 87 valence electrons. The minimum absolute atomic E-state index is 0.755. The van der Waals surface area contributed by atoms with Gasteiger partial charge in [0.25, 0.3) is 0 Å². The molecular weight excluding hydrogens is 345 g/mol. The lowest BCUT2D eigenvalue weighted by molar-refractivity contribution is 1.28. The van der Waals surface area contributed by atoms with Gasteiger partial charge in [0.05, 0.1) is 10.7 Å². The monoisotopic (exact) mass is 356 g/mol. The molecule has 17 heavy (non-hydrogen) atoms. The Labute approximate surface area is 122 Å². The summed E-state index contributed by atoms with van der Waals surface area (Å²) in [6.45, 7) is 0.787. The molecule has 1 aliphatic rings. The molecule has 0 unspecified atom stereocenters. The first-order valence-corrected chi connectivity index (χ1v) is 6.77. The third-order valence-corrected chi connectivity index (χ3v) is 3.36. The van der Waals surface area contributed by atoms with Gasteiger partial charge in [-0.15, -0.1) is 0 Å². The van der Waals surface area contributed by atoms with Crippen LogP contribution in [-0.2, 0) is 0 Å². The van der Waals surface area contributed by atoms with Crippen LogP contribution in [0.1, 0.15) is 0 Å². The molecule has 0 heterocycles. The van der Waals surface area contributed by atoms with Crippen molar-refractivity contribution in [3.8, 4) is 0 Å². The van der Waals surface area contributed by atoms with E-state index in [1.807, 2.05) is 37.1 Å². The Balaban J connectivity index is 1.87. The summed E-state index contributed by atoms with van der Waals surface area (Å²) >= 11 is 8.40. The van der Waals surface area contributed by atoms with Crippen LogP contribution in [0.2, 0.25) is 5.02 Å². The van der Waals surface area contributed by atoms with Crippen molar-refractivity contribution in [2.24, 2.45) is 0 Å². The Kier molecular flexibility index (Phi) is 5.16. The van der Waals surface area contributed by atoms with Gasteiger partial charge in [-0.3, -0.25) is 0 Å².